The quantitative estimate of drug-likeness (QED) is 0.500. The van der Waals surface area contributed by atoms with Gasteiger partial charge < -0.3 is 10.1 Å². The maximum absolute atomic E-state index is 12.3. The van der Waals surface area contributed by atoms with E-state index in [-0.39, 0.29) is 0 Å². The molecule has 0 saturated heterocycles. The SMILES string of the molecule is CC(C)(C)OC(=O)n1ncc2cc(Nc3cc4cccn4c(Cl)n3)ccc21. The zero-order chi connectivity index (χ0) is 19.2. The molecular formula is C19H18ClN5O2. The minimum absolute atomic E-state index is 0.374. The Labute approximate surface area is 160 Å². The third-order valence-electron chi connectivity index (χ3n) is 3.88. The van der Waals surface area contributed by atoms with E-state index in [0.29, 0.717) is 16.6 Å². The zero-order valence-electron chi connectivity index (χ0n) is 15.1. The van der Waals surface area contributed by atoms with E-state index in [2.05, 4.69) is 15.4 Å². The molecular weight excluding hydrogens is 366 g/mol. The van der Waals surface area contributed by atoms with Crippen molar-refractivity contribution in [2.75, 3.05) is 5.32 Å². The van der Waals surface area contributed by atoms with Crippen LogP contribution in [0.2, 0.25) is 5.28 Å². The van der Waals surface area contributed by atoms with Crippen LogP contribution in [-0.2, 0) is 4.74 Å². The standard InChI is InChI=1S/C19H18ClN5O2/c1-19(2,3)27-18(26)25-15-7-6-13(9-12(15)11-21-25)22-16-10-14-5-4-8-24(14)17(20)23-16/h4-11,22H,1-3H3. The van der Waals surface area contributed by atoms with E-state index in [1.807, 2.05) is 63.4 Å². The van der Waals surface area contributed by atoms with Gasteiger partial charge in [0.25, 0.3) is 0 Å². The smallest absolute Gasteiger partial charge is 0.435 e. The monoisotopic (exact) mass is 383 g/mol. The highest BCUT2D eigenvalue weighted by atomic mass is 35.5. The maximum Gasteiger partial charge on any atom is 0.435 e. The highest BCUT2D eigenvalue weighted by Gasteiger charge is 2.20. The first-order chi connectivity index (χ1) is 12.8. The molecule has 0 unspecified atom stereocenters. The number of ether oxygens (including phenoxy) is 1. The van der Waals surface area contributed by atoms with Gasteiger partial charge in [-0.3, -0.25) is 4.40 Å². The van der Waals surface area contributed by atoms with E-state index >= 15 is 0 Å². The van der Waals surface area contributed by atoms with Crippen molar-refractivity contribution in [1.29, 1.82) is 0 Å². The molecule has 0 saturated carbocycles. The van der Waals surface area contributed by atoms with Crippen LogP contribution in [0.25, 0.3) is 16.4 Å². The number of aromatic nitrogens is 4. The predicted octanol–water partition coefficient (Wildman–Crippen LogP) is 4.86. The highest BCUT2D eigenvalue weighted by Crippen LogP contribution is 2.24. The van der Waals surface area contributed by atoms with E-state index in [9.17, 15) is 4.79 Å². The van der Waals surface area contributed by atoms with Gasteiger partial charge in [0.1, 0.15) is 11.4 Å². The first-order valence-corrected chi connectivity index (χ1v) is 8.80. The molecule has 0 atom stereocenters. The highest BCUT2D eigenvalue weighted by molar-refractivity contribution is 6.28. The lowest BCUT2D eigenvalue weighted by atomic mass is 10.2. The van der Waals surface area contributed by atoms with Gasteiger partial charge in [0.2, 0.25) is 5.28 Å². The number of anilines is 2. The summed E-state index contributed by atoms with van der Waals surface area (Å²) in [6, 6.07) is 11.3. The average molecular weight is 384 g/mol. The number of nitrogens with zero attached hydrogens (tertiary/aromatic N) is 4. The minimum atomic E-state index is -0.584. The lowest BCUT2D eigenvalue weighted by Gasteiger charge is -2.19. The molecule has 1 aromatic carbocycles. The van der Waals surface area contributed by atoms with Gasteiger partial charge in [-0.2, -0.15) is 9.78 Å². The van der Waals surface area contributed by atoms with Crippen LogP contribution in [0, 0.1) is 0 Å². The van der Waals surface area contributed by atoms with Crippen LogP contribution in [0.5, 0.6) is 0 Å². The Hall–Kier alpha value is -3.06. The van der Waals surface area contributed by atoms with Crippen LogP contribution in [0.1, 0.15) is 20.8 Å². The summed E-state index contributed by atoms with van der Waals surface area (Å²) in [5, 5.41) is 8.56. The first-order valence-electron chi connectivity index (χ1n) is 8.42. The molecule has 0 aliphatic heterocycles. The number of fused-ring (bicyclic) bond motifs is 2. The van der Waals surface area contributed by atoms with Crippen LogP contribution >= 0.6 is 11.6 Å². The van der Waals surface area contributed by atoms with Crippen molar-refractivity contribution in [3.05, 3.63) is 54.1 Å². The Kier molecular flexibility index (Phi) is 4.04. The number of nitrogens with one attached hydrogen (secondary N) is 1. The van der Waals surface area contributed by atoms with Crippen molar-refractivity contribution < 1.29 is 9.53 Å². The number of halogens is 1. The average Bonchev–Trinajstić information content (AvgIpc) is 3.19. The Bertz CT molecular complexity index is 1160. The van der Waals surface area contributed by atoms with Gasteiger partial charge in [-0.25, -0.2) is 9.78 Å². The number of benzene rings is 1. The van der Waals surface area contributed by atoms with E-state index in [0.717, 1.165) is 16.6 Å². The van der Waals surface area contributed by atoms with Gasteiger partial charge in [-0.05, 0) is 62.7 Å². The molecule has 4 aromatic rings. The second-order valence-electron chi connectivity index (χ2n) is 7.15. The summed E-state index contributed by atoms with van der Waals surface area (Å²) in [6.07, 6.45) is 2.97. The predicted molar refractivity (Wildman–Crippen MR) is 105 cm³/mol. The molecule has 0 radical (unpaired) electrons. The minimum Gasteiger partial charge on any atom is -0.442 e. The number of rotatable bonds is 2. The Balaban J connectivity index is 1.63. The number of carbonyl (C=O) groups is 1. The fraction of sp³-hybridized carbons (Fsp3) is 0.211. The van der Waals surface area contributed by atoms with Crippen molar-refractivity contribution in [2.45, 2.75) is 26.4 Å². The molecule has 27 heavy (non-hydrogen) atoms. The number of hydrogen-bond donors (Lipinski definition) is 1. The van der Waals surface area contributed by atoms with Crippen molar-refractivity contribution in [1.82, 2.24) is 19.2 Å². The summed E-state index contributed by atoms with van der Waals surface area (Å²) in [5.41, 5.74) is 1.84. The third kappa shape index (κ3) is 3.46. The van der Waals surface area contributed by atoms with E-state index in [1.54, 1.807) is 10.6 Å². The fourth-order valence-electron chi connectivity index (χ4n) is 2.78. The molecule has 0 fully saturated rings. The summed E-state index contributed by atoms with van der Waals surface area (Å²) >= 11 is 6.20. The van der Waals surface area contributed by atoms with Gasteiger partial charge in [0.05, 0.1) is 17.2 Å². The molecule has 3 heterocycles. The first kappa shape index (κ1) is 17.4. The summed E-state index contributed by atoms with van der Waals surface area (Å²) < 4.78 is 8.43. The summed E-state index contributed by atoms with van der Waals surface area (Å²) in [7, 11) is 0. The molecule has 8 heteroatoms. The summed E-state index contributed by atoms with van der Waals surface area (Å²) in [5.74, 6) is 0.630. The molecule has 0 aliphatic rings. The molecule has 7 nitrogen and oxygen atoms in total. The van der Waals surface area contributed by atoms with Gasteiger partial charge in [0.15, 0.2) is 0 Å². The Morgan fingerprint density at radius 3 is 2.81 bits per heavy atom. The summed E-state index contributed by atoms with van der Waals surface area (Å²) in [4.78, 5) is 16.6. The van der Waals surface area contributed by atoms with Gasteiger partial charge >= 0.3 is 6.09 Å². The molecule has 0 amide bonds. The van der Waals surface area contributed by atoms with E-state index in [4.69, 9.17) is 16.3 Å². The van der Waals surface area contributed by atoms with Crippen molar-refractivity contribution in [3.63, 3.8) is 0 Å². The Morgan fingerprint density at radius 2 is 2.04 bits per heavy atom. The maximum atomic E-state index is 12.3. The van der Waals surface area contributed by atoms with Gasteiger partial charge in [0, 0.05) is 23.3 Å². The van der Waals surface area contributed by atoms with Crippen LogP contribution in [0.3, 0.4) is 0 Å². The molecule has 0 bridgehead atoms. The van der Waals surface area contributed by atoms with E-state index < -0.39 is 11.7 Å². The normalized spacial score (nSPS) is 11.9. The van der Waals surface area contributed by atoms with Crippen molar-refractivity contribution in [3.8, 4) is 0 Å². The van der Waals surface area contributed by atoms with Crippen LogP contribution in [0.15, 0.2) is 48.8 Å². The van der Waals surface area contributed by atoms with Gasteiger partial charge in [-0.1, -0.05) is 0 Å². The van der Waals surface area contributed by atoms with Crippen LogP contribution in [0.4, 0.5) is 16.3 Å². The molecule has 4 rings (SSSR count). The van der Waals surface area contributed by atoms with Crippen molar-refractivity contribution in [2.24, 2.45) is 0 Å². The molecule has 1 N–H and O–H groups in total. The van der Waals surface area contributed by atoms with Crippen LogP contribution in [-0.4, -0.2) is 30.9 Å². The molecule has 0 aliphatic carbocycles. The fourth-order valence-corrected chi connectivity index (χ4v) is 3.02. The molecule has 138 valence electrons. The van der Waals surface area contributed by atoms with E-state index in [1.165, 1.54) is 4.68 Å². The Morgan fingerprint density at radius 1 is 1.22 bits per heavy atom. The van der Waals surface area contributed by atoms with Crippen LogP contribution < -0.4 is 5.32 Å². The molecule has 0 spiro atoms. The molecule has 3 aromatic heterocycles. The number of hydrogen-bond acceptors (Lipinski definition) is 5. The second kappa shape index (κ2) is 6.28. The lowest BCUT2D eigenvalue weighted by Crippen LogP contribution is -2.27. The van der Waals surface area contributed by atoms with Gasteiger partial charge in [-0.15, -0.1) is 0 Å². The topological polar surface area (TPSA) is 73.5 Å². The van der Waals surface area contributed by atoms with Crippen molar-refractivity contribution >= 4 is 45.6 Å². The largest absolute Gasteiger partial charge is 0.442 e. The zero-order valence-corrected chi connectivity index (χ0v) is 15.9. The number of carbonyl (C=O) groups excluding carboxylic acids is 1. The lowest BCUT2D eigenvalue weighted by molar-refractivity contribution is 0.0523. The third-order valence-corrected chi connectivity index (χ3v) is 4.15. The second-order valence-corrected chi connectivity index (χ2v) is 7.49. The summed E-state index contributed by atoms with van der Waals surface area (Å²) in [6.45, 7) is 5.45.